The third-order valence-electron chi connectivity index (χ3n) is 3.68. The zero-order chi connectivity index (χ0) is 13.6. The van der Waals surface area contributed by atoms with Crippen LogP contribution < -0.4 is 5.32 Å². The van der Waals surface area contributed by atoms with Gasteiger partial charge in [0.15, 0.2) is 5.69 Å². The Labute approximate surface area is 116 Å². The van der Waals surface area contributed by atoms with Crippen molar-refractivity contribution in [2.75, 3.05) is 25.1 Å². The molecule has 4 nitrogen and oxygen atoms in total. The summed E-state index contributed by atoms with van der Waals surface area (Å²) in [5, 5.41) is 6.76. The van der Waals surface area contributed by atoms with Crippen molar-refractivity contribution in [1.29, 1.82) is 0 Å². The SMILES string of the molecule is FC(F)(F)c1nn2c(c1Br)NCCC2C1CCOC1. The van der Waals surface area contributed by atoms with Crippen LogP contribution in [0.3, 0.4) is 0 Å². The van der Waals surface area contributed by atoms with Crippen LogP contribution in [0.1, 0.15) is 24.6 Å². The summed E-state index contributed by atoms with van der Waals surface area (Å²) in [6, 6.07) is -0.0221. The summed E-state index contributed by atoms with van der Waals surface area (Å²) in [6.45, 7) is 1.93. The van der Waals surface area contributed by atoms with Crippen molar-refractivity contribution in [3.8, 4) is 0 Å². The third kappa shape index (κ3) is 2.24. The third-order valence-corrected chi connectivity index (χ3v) is 4.43. The van der Waals surface area contributed by atoms with Gasteiger partial charge in [-0.25, -0.2) is 4.68 Å². The average Bonchev–Trinajstić information content (AvgIpc) is 2.96. The molecule has 0 saturated carbocycles. The number of nitrogens with zero attached hydrogens (tertiary/aromatic N) is 2. The van der Waals surface area contributed by atoms with Crippen LogP contribution in [-0.4, -0.2) is 29.5 Å². The van der Waals surface area contributed by atoms with Gasteiger partial charge in [-0.15, -0.1) is 0 Å². The molecule has 106 valence electrons. The molecule has 2 aliphatic rings. The Balaban J connectivity index is 2.00. The van der Waals surface area contributed by atoms with Crippen molar-refractivity contribution in [2.24, 2.45) is 5.92 Å². The van der Waals surface area contributed by atoms with E-state index in [9.17, 15) is 13.2 Å². The Kier molecular flexibility index (Phi) is 3.24. The maximum Gasteiger partial charge on any atom is 0.436 e. The van der Waals surface area contributed by atoms with E-state index >= 15 is 0 Å². The molecule has 0 bridgehead atoms. The summed E-state index contributed by atoms with van der Waals surface area (Å²) in [6.07, 6.45) is -2.79. The Hall–Kier alpha value is -0.760. The molecule has 2 atom stereocenters. The number of hydrogen-bond donors (Lipinski definition) is 1. The van der Waals surface area contributed by atoms with Crippen molar-refractivity contribution >= 4 is 21.7 Å². The number of fused-ring (bicyclic) bond motifs is 1. The summed E-state index contributed by atoms with van der Waals surface area (Å²) >= 11 is 3.01. The lowest BCUT2D eigenvalue weighted by atomic mass is 9.95. The minimum Gasteiger partial charge on any atom is -0.381 e. The number of rotatable bonds is 1. The molecule has 3 rings (SSSR count). The molecule has 0 aliphatic carbocycles. The lowest BCUT2D eigenvalue weighted by molar-refractivity contribution is -0.142. The highest BCUT2D eigenvalue weighted by molar-refractivity contribution is 9.10. The number of hydrogen-bond acceptors (Lipinski definition) is 3. The number of aromatic nitrogens is 2. The van der Waals surface area contributed by atoms with E-state index in [0.29, 0.717) is 25.6 Å². The first-order valence-corrected chi connectivity index (χ1v) is 6.94. The first-order valence-electron chi connectivity index (χ1n) is 6.15. The second-order valence-electron chi connectivity index (χ2n) is 4.86. The predicted molar refractivity (Wildman–Crippen MR) is 66.0 cm³/mol. The van der Waals surface area contributed by atoms with Crippen LogP contribution in [0.5, 0.6) is 0 Å². The lowest BCUT2D eigenvalue weighted by Crippen LogP contribution is -2.29. The Morgan fingerprint density at radius 1 is 1.37 bits per heavy atom. The van der Waals surface area contributed by atoms with Gasteiger partial charge >= 0.3 is 6.18 Å². The Morgan fingerprint density at radius 3 is 2.79 bits per heavy atom. The lowest BCUT2D eigenvalue weighted by Gasteiger charge is -2.29. The molecule has 0 radical (unpaired) electrons. The van der Waals surface area contributed by atoms with E-state index in [-0.39, 0.29) is 16.4 Å². The van der Waals surface area contributed by atoms with Gasteiger partial charge in [-0.3, -0.25) is 0 Å². The monoisotopic (exact) mass is 339 g/mol. The van der Waals surface area contributed by atoms with Crippen molar-refractivity contribution in [3.05, 3.63) is 10.2 Å². The normalized spacial score (nSPS) is 27.2. The molecular weight excluding hydrogens is 327 g/mol. The quantitative estimate of drug-likeness (QED) is 0.854. The Bertz CT molecular complexity index is 482. The topological polar surface area (TPSA) is 39.1 Å². The molecule has 0 aromatic carbocycles. The molecule has 19 heavy (non-hydrogen) atoms. The van der Waals surface area contributed by atoms with Crippen LogP contribution in [0.15, 0.2) is 4.47 Å². The Morgan fingerprint density at radius 2 is 2.16 bits per heavy atom. The van der Waals surface area contributed by atoms with E-state index in [4.69, 9.17) is 4.74 Å². The van der Waals surface area contributed by atoms with E-state index in [2.05, 4.69) is 26.3 Å². The fourth-order valence-electron chi connectivity index (χ4n) is 2.75. The predicted octanol–water partition coefficient (Wildman–Crippen LogP) is 3.06. The molecule has 1 fully saturated rings. The molecule has 1 aromatic heterocycles. The highest BCUT2D eigenvalue weighted by Crippen LogP contribution is 2.43. The molecule has 1 aromatic rings. The van der Waals surface area contributed by atoms with Gasteiger partial charge in [-0.05, 0) is 28.8 Å². The van der Waals surface area contributed by atoms with E-state index in [1.54, 1.807) is 0 Å². The standard InChI is InChI=1S/C11H13BrF3N3O/c12-8-9(11(13,14)15)17-18-7(1-3-16-10(8)18)6-2-4-19-5-6/h6-7,16H,1-5H2. The van der Waals surface area contributed by atoms with E-state index < -0.39 is 11.9 Å². The summed E-state index contributed by atoms with van der Waals surface area (Å²) in [4.78, 5) is 0. The summed E-state index contributed by atoms with van der Waals surface area (Å²) < 4.78 is 45.5. The van der Waals surface area contributed by atoms with Crippen molar-refractivity contribution in [3.63, 3.8) is 0 Å². The molecule has 2 unspecified atom stereocenters. The molecular formula is C11H13BrF3N3O. The van der Waals surface area contributed by atoms with Gasteiger partial charge in [-0.2, -0.15) is 18.3 Å². The van der Waals surface area contributed by atoms with E-state index in [0.717, 1.165) is 12.8 Å². The molecule has 1 saturated heterocycles. The van der Waals surface area contributed by atoms with Crippen molar-refractivity contribution < 1.29 is 17.9 Å². The van der Waals surface area contributed by atoms with Gasteiger partial charge in [0.1, 0.15) is 5.82 Å². The molecule has 1 N–H and O–H groups in total. The summed E-state index contributed by atoms with van der Waals surface area (Å²) in [5.74, 6) is 0.671. The molecule has 0 spiro atoms. The van der Waals surface area contributed by atoms with Gasteiger partial charge in [-0.1, -0.05) is 0 Å². The highest BCUT2D eigenvalue weighted by Gasteiger charge is 2.41. The number of ether oxygens (including phenoxy) is 1. The first-order chi connectivity index (χ1) is 8.98. The number of alkyl halides is 3. The molecule has 3 heterocycles. The minimum atomic E-state index is -4.44. The van der Waals surface area contributed by atoms with E-state index in [1.807, 2.05) is 0 Å². The second kappa shape index (κ2) is 4.66. The summed E-state index contributed by atoms with van der Waals surface area (Å²) in [7, 11) is 0. The maximum absolute atomic E-state index is 12.9. The van der Waals surface area contributed by atoms with Crippen LogP contribution in [-0.2, 0) is 10.9 Å². The van der Waals surface area contributed by atoms with E-state index in [1.165, 1.54) is 4.68 Å². The maximum atomic E-state index is 12.9. The number of nitrogens with one attached hydrogen (secondary N) is 1. The fourth-order valence-corrected chi connectivity index (χ4v) is 3.37. The first kappa shape index (κ1) is 13.2. The van der Waals surface area contributed by atoms with Crippen molar-refractivity contribution in [1.82, 2.24) is 9.78 Å². The van der Waals surface area contributed by atoms with Gasteiger partial charge in [0, 0.05) is 19.1 Å². The van der Waals surface area contributed by atoms with Gasteiger partial charge < -0.3 is 10.1 Å². The number of anilines is 1. The second-order valence-corrected chi connectivity index (χ2v) is 5.65. The summed E-state index contributed by atoms with van der Waals surface area (Å²) in [5.41, 5.74) is -0.860. The minimum absolute atomic E-state index is 0.00335. The van der Waals surface area contributed by atoms with Crippen LogP contribution >= 0.6 is 15.9 Å². The fraction of sp³-hybridized carbons (Fsp3) is 0.727. The molecule has 0 amide bonds. The van der Waals surface area contributed by atoms with Gasteiger partial charge in [0.2, 0.25) is 0 Å². The molecule has 2 aliphatic heterocycles. The zero-order valence-electron chi connectivity index (χ0n) is 10.0. The smallest absolute Gasteiger partial charge is 0.381 e. The largest absolute Gasteiger partial charge is 0.436 e. The average molecular weight is 340 g/mol. The van der Waals surface area contributed by atoms with Crippen LogP contribution in [0.4, 0.5) is 19.0 Å². The highest BCUT2D eigenvalue weighted by atomic mass is 79.9. The zero-order valence-corrected chi connectivity index (χ0v) is 11.6. The van der Waals surface area contributed by atoms with Gasteiger partial charge in [0.25, 0.3) is 0 Å². The van der Waals surface area contributed by atoms with Crippen LogP contribution in [0, 0.1) is 5.92 Å². The number of halogens is 4. The van der Waals surface area contributed by atoms with Crippen molar-refractivity contribution in [2.45, 2.75) is 25.1 Å². The van der Waals surface area contributed by atoms with Crippen LogP contribution in [0.2, 0.25) is 0 Å². The van der Waals surface area contributed by atoms with Gasteiger partial charge in [0.05, 0.1) is 17.1 Å². The van der Waals surface area contributed by atoms with Crippen LogP contribution in [0.25, 0.3) is 0 Å². The molecule has 8 heteroatoms.